The van der Waals surface area contributed by atoms with Crippen molar-refractivity contribution in [1.29, 1.82) is 0 Å². The van der Waals surface area contributed by atoms with Crippen LogP contribution in [0.5, 0.6) is 0 Å². The molecule has 1 aliphatic rings. The molecular weight excluding hydrogens is 395 g/mol. The monoisotopic (exact) mass is 419 g/mol. The highest BCUT2D eigenvalue weighted by molar-refractivity contribution is 5.66. The molecule has 2 aromatic heterocycles. The van der Waals surface area contributed by atoms with Gasteiger partial charge in [-0.25, -0.2) is 0 Å². The van der Waals surface area contributed by atoms with Crippen molar-refractivity contribution in [3.8, 4) is 11.1 Å². The lowest BCUT2D eigenvalue weighted by molar-refractivity contribution is -0.137. The lowest BCUT2D eigenvalue weighted by atomic mass is 9.90. The van der Waals surface area contributed by atoms with E-state index in [0.29, 0.717) is 18.7 Å². The summed E-state index contributed by atoms with van der Waals surface area (Å²) in [5, 5.41) is 7.18. The topological polar surface area (TPSA) is 54.3 Å². The van der Waals surface area contributed by atoms with Crippen molar-refractivity contribution < 1.29 is 22.3 Å². The average Bonchev–Trinajstić information content (AvgIpc) is 3.38. The molecule has 1 aliphatic heterocycles. The number of halogens is 3. The van der Waals surface area contributed by atoms with Gasteiger partial charge in [0, 0.05) is 30.8 Å². The first-order valence-corrected chi connectivity index (χ1v) is 9.94. The van der Waals surface area contributed by atoms with Crippen LogP contribution in [0, 0.1) is 0 Å². The van der Waals surface area contributed by atoms with Gasteiger partial charge in [-0.1, -0.05) is 12.1 Å². The highest BCUT2D eigenvalue weighted by atomic mass is 19.4. The van der Waals surface area contributed by atoms with E-state index in [0.717, 1.165) is 54.8 Å². The second-order valence-corrected chi connectivity index (χ2v) is 7.65. The van der Waals surface area contributed by atoms with Crippen LogP contribution in [-0.4, -0.2) is 35.3 Å². The Labute approximate surface area is 172 Å². The van der Waals surface area contributed by atoms with Crippen LogP contribution in [0.3, 0.4) is 0 Å². The predicted molar refractivity (Wildman–Crippen MR) is 106 cm³/mol. The molecule has 3 aromatic rings. The number of hydrogen-bond acceptors (Lipinski definition) is 4. The van der Waals surface area contributed by atoms with Crippen LogP contribution in [0.2, 0.25) is 0 Å². The Balaban J connectivity index is 1.50. The third-order valence-corrected chi connectivity index (χ3v) is 5.47. The van der Waals surface area contributed by atoms with Crippen LogP contribution in [0.4, 0.5) is 13.2 Å². The second kappa shape index (κ2) is 8.65. The summed E-state index contributed by atoms with van der Waals surface area (Å²) in [4.78, 5) is 2.31. The normalized spacial score (nSPS) is 18.1. The molecule has 0 spiro atoms. The molecule has 0 unspecified atom stereocenters. The molecule has 4 rings (SSSR count). The van der Waals surface area contributed by atoms with Gasteiger partial charge in [-0.2, -0.15) is 18.3 Å². The van der Waals surface area contributed by atoms with E-state index < -0.39 is 11.7 Å². The van der Waals surface area contributed by atoms with Crippen molar-refractivity contribution in [2.45, 2.75) is 38.1 Å². The Hall–Kier alpha value is -2.58. The van der Waals surface area contributed by atoms with Crippen molar-refractivity contribution in [3.63, 3.8) is 0 Å². The van der Waals surface area contributed by atoms with Crippen LogP contribution in [0.15, 0.2) is 47.0 Å². The van der Waals surface area contributed by atoms with Gasteiger partial charge in [-0.3, -0.25) is 10.00 Å². The molecule has 1 atom stereocenters. The summed E-state index contributed by atoms with van der Waals surface area (Å²) in [7, 11) is 1.63. The van der Waals surface area contributed by atoms with E-state index in [1.165, 1.54) is 12.1 Å². The van der Waals surface area contributed by atoms with E-state index in [9.17, 15) is 13.2 Å². The summed E-state index contributed by atoms with van der Waals surface area (Å²) >= 11 is 0. The molecular formula is C22H24F3N3O2. The summed E-state index contributed by atoms with van der Waals surface area (Å²) in [5.74, 6) is 1.84. The number of alkyl halides is 3. The van der Waals surface area contributed by atoms with Gasteiger partial charge in [-0.05, 0) is 49.2 Å². The number of piperidine rings is 1. The van der Waals surface area contributed by atoms with Gasteiger partial charge in [0.1, 0.15) is 18.1 Å². The van der Waals surface area contributed by atoms with Crippen molar-refractivity contribution in [3.05, 3.63) is 65.4 Å². The number of rotatable bonds is 6. The number of benzene rings is 1. The van der Waals surface area contributed by atoms with Crippen molar-refractivity contribution in [2.24, 2.45) is 0 Å². The number of ether oxygens (including phenoxy) is 1. The first-order chi connectivity index (χ1) is 14.4. The molecule has 0 radical (unpaired) electrons. The Morgan fingerprint density at radius 3 is 2.87 bits per heavy atom. The van der Waals surface area contributed by atoms with E-state index in [2.05, 4.69) is 15.1 Å². The summed E-state index contributed by atoms with van der Waals surface area (Å²) in [6, 6.07) is 9.30. The van der Waals surface area contributed by atoms with E-state index in [4.69, 9.17) is 9.15 Å². The van der Waals surface area contributed by atoms with Gasteiger partial charge in [0.25, 0.3) is 0 Å². The van der Waals surface area contributed by atoms with Gasteiger partial charge < -0.3 is 9.15 Å². The lowest BCUT2D eigenvalue weighted by Crippen LogP contribution is -2.34. The summed E-state index contributed by atoms with van der Waals surface area (Å²) < 4.78 is 50.3. The number of furan rings is 1. The van der Waals surface area contributed by atoms with Gasteiger partial charge >= 0.3 is 6.18 Å². The van der Waals surface area contributed by atoms with Crippen molar-refractivity contribution >= 4 is 0 Å². The van der Waals surface area contributed by atoms with E-state index in [1.807, 2.05) is 12.1 Å². The molecule has 5 nitrogen and oxygen atoms in total. The molecule has 1 saturated heterocycles. The fraction of sp³-hybridized carbons (Fsp3) is 0.409. The van der Waals surface area contributed by atoms with Gasteiger partial charge in [0.05, 0.1) is 18.3 Å². The standard InChI is InChI=1S/C22H24F3N3O2/c1-29-14-19-8-7-18(30-19)13-28-9-3-5-16(12-28)21-20(11-26-27-21)15-4-2-6-17(10-15)22(23,24)25/h2,4,6-8,10-11,16H,3,5,9,12-14H2,1H3,(H,26,27)/t16-/m1/s1. The summed E-state index contributed by atoms with van der Waals surface area (Å²) in [5.41, 5.74) is 1.50. The van der Waals surface area contributed by atoms with Crippen LogP contribution in [0.25, 0.3) is 11.1 Å². The molecule has 1 aromatic carbocycles. The third-order valence-electron chi connectivity index (χ3n) is 5.47. The minimum Gasteiger partial charge on any atom is -0.462 e. The number of aromatic amines is 1. The van der Waals surface area contributed by atoms with Crippen LogP contribution < -0.4 is 0 Å². The maximum absolute atomic E-state index is 13.1. The number of H-pyrrole nitrogens is 1. The number of nitrogens with one attached hydrogen (secondary N) is 1. The first kappa shape index (κ1) is 20.7. The number of nitrogens with zero attached hydrogens (tertiary/aromatic N) is 2. The van der Waals surface area contributed by atoms with Crippen molar-refractivity contribution in [1.82, 2.24) is 15.1 Å². The second-order valence-electron chi connectivity index (χ2n) is 7.65. The Kier molecular flexibility index (Phi) is 5.97. The minimum absolute atomic E-state index is 0.166. The number of methoxy groups -OCH3 is 1. The predicted octanol–water partition coefficient (Wildman–Crippen LogP) is 5.21. The highest BCUT2D eigenvalue weighted by Gasteiger charge is 2.31. The van der Waals surface area contributed by atoms with Crippen molar-refractivity contribution in [2.75, 3.05) is 20.2 Å². The van der Waals surface area contributed by atoms with Gasteiger partial charge in [-0.15, -0.1) is 0 Å². The fourth-order valence-corrected chi connectivity index (χ4v) is 4.08. The first-order valence-electron chi connectivity index (χ1n) is 9.94. The quantitative estimate of drug-likeness (QED) is 0.596. The van der Waals surface area contributed by atoms with Crippen LogP contribution in [0.1, 0.15) is 41.5 Å². The van der Waals surface area contributed by atoms with Crippen LogP contribution in [-0.2, 0) is 24.1 Å². The Morgan fingerprint density at radius 2 is 2.07 bits per heavy atom. The third kappa shape index (κ3) is 4.60. The highest BCUT2D eigenvalue weighted by Crippen LogP contribution is 2.36. The minimum atomic E-state index is -4.37. The molecule has 1 N–H and O–H groups in total. The molecule has 8 heteroatoms. The molecule has 0 saturated carbocycles. The molecule has 160 valence electrons. The molecule has 0 bridgehead atoms. The number of likely N-dealkylation sites (tertiary alicyclic amines) is 1. The zero-order valence-electron chi connectivity index (χ0n) is 16.7. The van der Waals surface area contributed by atoms with E-state index in [1.54, 1.807) is 19.4 Å². The maximum atomic E-state index is 13.1. The lowest BCUT2D eigenvalue weighted by Gasteiger charge is -2.32. The Bertz CT molecular complexity index is 980. The molecule has 3 heterocycles. The van der Waals surface area contributed by atoms with E-state index in [-0.39, 0.29) is 5.92 Å². The van der Waals surface area contributed by atoms with Crippen LogP contribution >= 0.6 is 0 Å². The molecule has 30 heavy (non-hydrogen) atoms. The van der Waals surface area contributed by atoms with E-state index >= 15 is 0 Å². The fourth-order valence-electron chi connectivity index (χ4n) is 4.08. The summed E-state index contributed by atoms with van der Waals surface area (Å²) in [6.45, 7) is 2.86. The smallest absolute Gasteiger partial charge is 0.416 e. The molecule has 1 fully saturated rings. The zero-order chi connectivity index (χ0) is 21.1. The molecule has 0 amide bonds. The van der Waals surface area contributed by atoms with Gasteiger partial charge in [0.2, 0.25) is 0 Å². The summed E-state index contributed by atoms with van der Waals surface area (Å²) in [6.07, 6.45) is -0.797. The molecule has 0 aliphatic carbocycles. The number of aromatic nitrogens is 2. The largest absolute Gasteiger partial charge is 0.462 e. The maximum Gasteiger partial charge on any atom is 0.416 e. The zero-order valence-corrected chi connectivity index (χ0v) is 16.7. The average molecular weight is 419 g/mol. The SMILES string of the molecule is COCc1ccc(CN2CCC[C@@H](c3[nH]ncc3-c3cccc(C(F)(F)F)c3)C2)o1. The Morgan fingerprint density at radius 1 is 1.23 bits per heavy atom. The number of hydrogen-bond donors (Lipinski definition) is 1. The van der Waals surface area contributed by atoms with Gasteiger partial charge in [0.15, 0.2) is 0 Å².